The van der Waals surface area contributed by atoms with Crippen molar-refractivity contribution in [3.63, 3.8) is 0 Å². The summed E-state index contributed by atoms with van der Waals surface area (Å²) in [6.07, 6.45) is 5.06. The molecule has 0 heterocycles. The molecule has 2 atom stereocenters. The predicted molar refractivity (Wildman–Crippen MR) is 85.5 cm³/mol. The Labute approximate surface area is 132 Å². The van der Waals surface area contributed by atoms with Gasteiger partial charge in [0.2, 0.25) is 0 Å². The molecule has 0 saturated heterocycles. The number of aromatic carboxylic acids is 1. The lowest BCUT2D eigenvalue weighted by Gasteiger charge is -2.15. The first-order chi connectivity index (χ1) is 9.99. The van der Waals surface area contributed by atoms with Crippen LogP contribution in [-0.2, 0) is 0 Å². The van der Waals surface area contributed by atoms with Gasteiger partial charge in [0.05, 0.1) is 11.3 Å². The van der Waals surface area contributed by atoms with Crippen LogP contribution in [0.2, 0.25) is 5.02 Å². The Kier molecular flexibility index (Phi) is 5.36. The van der Waals surface area contributed by atoms with Crippen LogP contribution in [0.3, 0.4) is 0 Å². The lowest BCUT2D eigenvalue weighted by atomic mass is 10.2. The number of nitrogens with one attached hydrogen (secondary N) is 2. The van der Waals surface area contributed by atoms with Crippen molar-refractivity contribution in [1.82, 2.24) is 5.32 Å². The molecule has 21 heavy (non-hydrogen) atoms. The topological polar surface area (TPSA) is 78.4 Å². The molecule has 5 nitrogen and oxygen atoms in total. The zero-order chi connectivity index (χ0) is 15.4. The minimum atomic E-state index is -1.13. The molecule has 1 aromatic carbocycles. The Balaban J connectivity index is 1.98. The van der Waals surface area contributed by atoms with Crippen LogP contribution >= 0.6 is 23.4 Å². The van der Waals surface area contributed by atoms with Gasteiger partial charge in [0.15, 0.2) is 0 Å². The lowest BCUT2D eigenvalue weighted by Crippen LogP contribution is -2.36. The van der Waals surface area contributed by atoms with E-state index in [1.807, 2.05) is 11.8 Å². The van der Waals surface area contributed by atoms with E-state index in [1.54, 1.807) is 6.07 Å². The summed E-state index contributed by atoms with van der Waals surface area (Å²) < 4.78 is 0. The quantitative estimate of drug-likeness (QED) is 0.791. The number of carbonyl (C=O) groups is 2. The fourth-order valence-corrected chi connectivity index (χ4v) is 3.40. The minimum absolute atomic E-state index is 0.0222. The number of hydrogen-bond donors (Lipinski definition) is 3. The van der Waals surface area contributed by atoms with E-state index in [9.17, 15) is 9.59 Å². The second kappa shape index (κ2) is 7.04. The number of benzene rings is 1. The Morgan fingerprint density at radius 3 is 2.76 bits per heavy atom. The van der Waals surface area contributed by atoms with E-state index in [4.69, 9.17) is 16.7 Å². The van der Waals surface area contributed by atoms with Gasteiger partial charge in [0, 0.05) is 16.3 Å². The van der Waals surface area contributed by atoms with Crippen molar-refractivity contribution in [1.29, 1.82) is 0 Å². The van der Waals surface area contributed by atoms with Gasteiger partial charge in [-0.05, 0) is 43.7 Å². The molecular weight excluding hydrogens is 312 g/mol. The van der Waals surface area contributed by atoms with Crippen LogP contribution in [0, 0.1) is 0 Å². The van der Waals surface area contributed by atoms with E-state index in [0.717, 1.165) is 19.3 Å². The number of amides is 2. The molecule has 0 radical (unpaired) electrons. The molecule has 114 valence electrons. The standard InChI is InChI=1S/C14H17ClN2O3S/c1-21-10-4-3-9(7-10)16-14(20)17-12-5-2-8(15)6-11(12)13(18)19/h2,5-6,9-10H,3-4,7H2,1H3,(H,18,19)(H2,16,17,20). The second-order valence-electron chi connectivity index (χ2n) is 4.96. The van der Waals surface area contributed by atoms with Crippen LogP contribution in [0.5, 0.6) is 0 Å². The monoisotopic (exact) mass is 328 g/mol. The lowest BCUT2D eigenvalue weighted by molar-refractivity contribution is 0.0698. The van der Waals surface area contributed by atoms with Crippen molar-refractivity contribution in [2.75, 3.05) is 11.6 Å². The number of urea groups is 1. The van der Waals surface area contributed by atoms with Crippen LogP contribution in [0.15, 0.2) is 18.2 Å². The van der Waals surface area contributed by atoms with Crippen LogP contribution in [0.25, 0.3) is 0 Å². The van der Waals surface area contributed by atoms with E-state index < -0.39 is 5.97 Å². The maximum atomic E-state index is 12.0. The fourth-order valence-electron chi connectivity index (χ4n) is 2.43. The molecule has 0 aromatic heterocycles. The zero-order valence-corrected chi connectivity index (χ0v) is 13.1. The summed E-state index contributed by atoms with van der Waals surface area (Å²) in [5.74, 6) is -1.13. The number of anilines is 1. The normalized spacial score (nSPS) is 21.0. The van der Waals surface area contributed by atoms with Gasteiger partial charge < -0.3 is 15.7 Å². The minimum Gasteiger partial charge on any atom is -0.478 e. The van der Waals surface area contributed by atoms with E-state index in [0.29, 0.717) is 10.3 Å². The molecule has 2 amide bonds. The summed E-state index contributed by atoms with van der Waals surface area (Å²) in [5.41, 5.74) is 0.217. The summed E-state index contributed by atoms with van der Waals surface area (Å²) in [7, 11) is 0. The van der Waals surface area contributed by atoms with Crippen molar-refractivity contribution in [3.05, 3.63) is 28.8 Å². The molecule has 1 aliphatic rings. The number of thioether (sulfide) groups is 1. The molecule has 1 aliphatic carbocycles. The SMILES string of the molecule is CSC1CCC(NC(=O)Nc2ccc(Cl)cc2C(=O)O)C1. The van der Waals surface area contributed by atoms with Gasteiger partial charge in [-0.15, -0.1) is 0 Å². The van der Waals surface area contributed by atoms with Gasteiger partial charge >= 0.3 is 12.0 Å². The summed E-state index contributed by atoms with van der Waals surface area (Å²) in [5, 5.41) is 15.5. The second-order valence-corrected chi connectivity index (χ2v) is 6.54. The third-order valence-electron chi connectivity index (χ3n) is 3.51. The van der Waals surface area contributed by atoms with Gasteiger partial charge in [-0.3, -0.25) is 0 Å². The average Bonchev–Trinajstić information content (AvgIpc) is 2.88. The molecule has 3 N–H and O–H groups in total. The van der Waals surface area contributed by atoms with Crippen molar-refractivity contribution >= 4 is 41.1 Å². The first kappa shape index (κ1) is 16.0. The van der Waals surface area contributed by atoms with Crippen LogP contribution < -0.4 is 10.6 Å². The summed E-state index contributed by atoms with van der Waals surface area (Å²) >= 11 is 7.58. The predicted octanol–water partition coefficient (Wildman–Crippen LogP) is 3.44. The summed E-state index contributed by atoms with van der Waals surface area (Å²) in [6.45, 7) is 0. The number of halogens is 1. The number of carbonyl (C=O) groups excluding carboxylic acids is 1. The summed E-state index contributed by atoms with van der Waals surface area (Å²) in [4.78, 5) is 23.1. The Morgan fingerprint density at radius 2 is 2.14 bits per heavy atom. The van der Waals surface area contributed by atoms with E-state index in [-0.39, 0.29) is 23.3 Å². The van der Waals surface area contributed by atoms with Gasteiger partial charge in [0.1, 0.15) is 0 Å². The number of carboxylic acid groups (broad SMARTS) is 1. The first-order valence-electron chi connectivity index (χ1n) is 6.62. The highest BCUT2D eigenvalue weighted by Gasteiger charge is 2.25. The highest BCUT2D eigenvalue weighted by atomic mass is 35.5. The Bertz CT molecular complexity index is 553. The molecule has 7 heteroatoms. The maximum absolute atomic E-state index is 12.0. The van der Waals surface area contributed by atoms with Crippen LogP contribution in [0.4, 0.5) is 10.5 Å². The fraction of sp³-hybridized carbons (Fsp3) is 0.429. The molecule has 1 aromatic rings. The molecule has 2 rings (SSSR count). The van der Waals surface area contributed by atoms with Crippen LogP contribution in [0.1, 0.15) is 29.6 Å². The van der Waals surface area contributed by atoms with Gasteiger partial charge in [-0.1, -0.05) is 11.6 Å². The van der Waals surface area contributed by atoms with Gasteiger partial charge in [-0.2, -0.15) is 11.8 Å². The molecular formula is C14H17ClN2O3S. The highest BCUT2D eigenvalue weighted by Crippen LogP contribution is 2.28. The molecule has 2 unspecified atom stereocenters. The molecule has 0 spiro atoms. The van der Waals surface area contributed by atoms with Gasteiger partial charge in [0.25, 0.3) is 0 Å². The number of rotatable bonds is 4. The molecule has 1 saturated carbocycles. The summed E-state index contributed by atoms with van der Waals surface area (Å²) in [6, 6.07) is 4.11. The van der Waals surface area contributed by atoms with Crippen molar-refractivity contribution in [3.8, 4) is 0 Å². The smallest absolute Gasteiger partial charge is 0.337 e. The zero-order valence-electron chi connectivity index (χ0n) is 11.6. The average molecular weight is 329 g/mol. The van der Waals surface area contributed by atoms with Crippen molar-refractivity contribution < 1.29 is 14.7 Å². The molecule has 0 bridgehead atoms. The first-order valence-corrected chi connectivity index (χ1v) is 8.29. The largest absolute Gasteiger partial charge is 0.478 e. The Morgan fingerprint density at radius 1 is 1.38 bits per heavy atom. The third-order valence-corrected chi connectivity index (χ3v) is 4.84. The Hall–Kier alpha value is -1.40. The number of carboxylic acids is 1. The number of hydrogen-bond acceptors (Lipinski definition) is 3. The molecule has 0 aliphatic heterocycles. The van der Waals surface area contributed by atoms with Crippen molar-refractivity contribution in [2.45, 2.75) is 30.6 Å². The van der Waals surface area contributed by atoms with E-state index in [2.05, 4.69) is 16.9 Å². The van der Waals surface area contributed by atoms with E-state index >= 15 is 0 Å². The van der Waals surface area contributed by atoms with E-state index in [1.165, 1.54) is 12.1 Å². The van der Waals surface area contributed by atoms with Crippen LogP contribution in [-0.4, -0.2) is 34.7 Å². The third kappa shape index (κ3) is 4.28. The highest BCUT2D eigenvalue weighted by molar-refractivity contribution is 7.99. The molecule has 1 fully saturated rings. The van der Waals surface area contributed by atoms with Gasteiger partial charge in [-0.25, -0.2) is 9.59 Å². The maximum Gasteiger partial charge on any atom is 0.337 e. The van der Waals surface area contributed by atoms with Crippen molar-refractivity contribution in [2.24, 2.45) is 0 Å².